The number of carbonyl (C=O) groups excluding carboxylic acids is 1. The van der Waals surface area contributed by atoms with Gasteiger partial charge in [0.15, 0.2) is 5.65 Å². The molecule has 0 fully saturated rings. The van der Waals surface area contributed by atoms with E-state index in [0.29, 0.717) is 33.4 Å². The normalized spacial score (nSPS) is 11.2. The van der Waals surface area contributed by atoms with Crippen LogP contribution < -0.4 is 5.32 Å². The number of fused-ring (bicyclic) bond motifs is 2. The summed E-state index contributed by atoms with van der Waals surface area (Å²) in [6.45, 7) is 0. The minimum absolute atomic E-state index is 0.281. The summed E-state index contributed by atoms with van der Waals surface area (Å²) in [4.78, 5) is 24.1. The van der Waals surface area contributed by atoms with E-state index in [1.165, 1.54) is 6.20 Å². The number of aromatic nitrogens is 5. The molecule has 1 amide bonds. The van der Waals surface area contributed by atoms with Crippen molar-refractivity contribution >= 4 is 33.5 Å². The number of hydrogen-bond donors (Lipinski definition) is 2. The molecule has 2 N–H and O–H groups in total. The number of pyridine rings is 2. The van der Waals surface area contributed by atoms with Gasteiger partial charge in [0, 0.05) is 42.1 Å². The van der Waals surface area contributed by atoms with Gasteiger partial charge < -0.3 is 10.3 Å². The smallest absolute Gasteiger partial charge is 0.257 e. The summed E-state index contributed by atoms with van der Waals surface area (Å²) < 4.78 is 15.7. The van der Waals surface area contributed by atoms with Gasteiger partial charge in [0.2, 0.25) is 5.95 Å². The third-order valence-corrected chi connectivity index (χ3v) is 4.88. The van der Waals surface area contributed by atoms with Gasteiger partial charge in [0.1, 0.15) is 0 Å². The molecule has 0 aliphatic heterocycles. The quantitative estimate of drug-likeness (QED) is 0.460. The van der Waals surface area contributed by atoms with Gasteiger partial charge in [-0.15, -0.1) is 0 Å². The van der Waals surface area contributed by atoms with Gasteiger partial charge in [-0.2, -0.15) is 9.49 Å². The van der Waals surface area contributed by atoms with Gasteiger partial charge in [0.05, 0.1) is 22.8 Å². The SMILES string of the molecule is Cn1ncc2c(NC(=O)c3c[nH]c4ccc(-c5cccnc5F)cc34)ccnc21. The number of rotatable bonds is 3. The standard InChI is InChI=1S/C21H15FN6O/c1-28-20-16(11-26-28)18(6-8-24-20)27-21(29)15-10-25-17-5-4-12(9-14(15)17)13-3-2-7-23-19(13)22/h2-11,25H,1H3,(H,24,27,29). The molecule has 29 heavy (non-hydrogen) atoms. The summed E-state index contributed by atoms with van der Waals surface area (Å²) in [5.41, 5.74) is 3.57. The Morgan fingerprint density at radius 1 is 1.14 bits per heavy atom. The van der Waals surface area contributed by atoms with Crippen molar-refractivity contribution < 1.29 is 9.18 Å². The molecule has 0 aliphatic rings. The first-order valence-corrected chi connectivity index (χ1v) is 8.92. The second-order valence-electron chi connectivity index (χ2n) is 6.62. The number of anilines is 1. The second kappa shape index (κ2) is 6.52. The fraction of sp³-hybridized carbons (Fsp3) is 0.0476. The molecule has 0 saturated heterocycles. The molecule has 4 heterocycles. The zero-order valence-electron chi connectivity index (χ0n) is 15.3. The summed E-state index contributed by atoms with van der Waals surface area (Å²) in [6, 6.07) is 10.5. The molecule has 5 rings (SSSR count). The van der Waals surface area contributed by atoms with Crippen LogP contribution in [0.4, 0.5) is 10.1 Å². The average molecular weight is 386 g/mol. The van der Waals surface area contributed by atoms with Crippen molar-refractivity contribution in [1.29, 1.82) is 0 Å². The number of aryl methyl sites for hydroxylation is 1. The largest absolute Gasteiger partial charge is 0.360 e. The lowest BCUT2D eigenvalue weighted by molar-refractivity contribution is 0.102. The minimum Gasteiger partial charge on any atom is -0.360 e. The molecular formula is C21H15FN6O. The predicted molar refractivity (Wildman–Crippen MR) is 108 cm³/mol. The Kier molecular flexibility index (Phi) is 3.83. The fourth-order valence-corrected chi connectivity index (χ4v) is 3.42. The predicted octanol–water partition coefficient (Wildman–Crippen LogP) is 3.90. The van der Waals surface area contributed by atoms with Crippen molar-refractivity contribution in [1.82, 2.24) is 24.7 Å². The maximum Gasteiger partial charge on any atom is 0.257 e. The maximum absolute atomic E-state index is 14.1. The molecule has 142 valence electrons. The fourth-order valence-electron chi connectivity index (χ4n) is 3.42. The highest BCUT2D eigenvalue weighted by Crippen LogP contribution is 2.28. The molecule has 5 aromatic rings. The summed E-state index contributed by atoms with van der Waals surface area (Å²) in [5.74, 6) is -0.833. The number of nitrogens with zero attached hydrogens (tertiary/aromatic N) is 4. The summed E-state index contributed by atoms with van der Waals surface area (Å²) in [7, 11) is 1.79. The lowest BCUT2D eigenvalue weighted by atomic mass is 10.0. The lowest BCUT2D eigenvalue weighted by Gasteiger charge is -2.07. The first-order chi connectivity index (χ1) is 14.1. The highest BCUT2D eigenvalue weighted by atomic mass is 19.1. The van der Waals surface area contributed by atoms with Crippen LogP contribution >= 0.6 is 0 Å². The molecule has 0 saturated carbocycles. The summed E-state index contributed by atoms with van der Waals surface area (Å²) >= 11 is 0. The van der Waals surface area contributed by atoms with Crippen LogP contribution in [0.5, 0.6) is 0 Å². The first-order valence-electron chi connectivity index (χ1n) is 8.92. The Morgan fingerprint density at radius 3 is 2.90 bits per heavy atom. The van der Waals surface area contributed by atoms with Crippen LogP contribution in [0.1, 0.15) is 10.4 Å². The van der Waals surface area contributed by atoms with E-state index in [1.807, 2.05) is 6.07 Å². The van der Waals surface area contributed by atoms with Gasteiger partial charge in [-0.05, 0) is 35.9 Å². The molecule has 0 unspecified atom stereocenters. The Bertz CT molecular complexity index is 1390. The first kappa shape index (κ1) is 17.1. The van der Waals surface area contributed by atoms with E-state index < -0.39 is 5.95 Å². The van der Waals surface area contributed by atoms with Crippen LogP contribution in [-0.4, -0.2) is 30.6 Å². The van der Waals surface area contributed by atoms with Crippen LogP contribution in [0.25, 0.3) is 33.1 Å². The number of hydrogen-bond acceptors (Lipinski definition) is 4. The molecule has 0 bridgehead atoms. The van der Waals surface area contributed by atoms with Gasteiger partial charge in [-0.3, -0.25) is 9.48 Å². The molecule has 0 aliphatic carbocycles. The average Bonchev–Trinajstić information content (AvgIpc) is 3.32. The number of benzene rings is 1. The number of amides is 1. The Labute approximate surface area is 164 Å². The molecule has 0 atom stereocenters. The zero-order valence-corrected chi connectivity index (χ0v) is 15.3. The second-order valence-corrected chi connectivity index (χ2v) is 6.62. The number of carbonyl (C=O) groups is 1. The van der Waals surface area contributed by atoms with Crippen LogP contribution in [0.15, 0.2) is 61.2 Å². The van der Waals surface area contributed by atoms with Crippen LogP contribution in [0.3, 0.4) is 0 Å². The molecule has 7 nitrogen and oxygen atoms in total. The number of aromatic amines is 1. The maximum atomic E-state index is 14.1. The number of H-pyrrole nitrogens is 1. The molecule has 1 aromatic carbocycles. The van der Waals surface area contributed by atoms with Crippen LogP contribution in [0, 0.1) is 5.95 Å². The van der Waals surface area contributed by atoms with Crippen molar-refractivity contribution in [3.63, 3.8) is 0 Å². The number of nitrogens with one attached hydrogen (secondary N) is 2. The third kappa shape index (κ3) is 2.82. The van der Waals surface area contributed by atoms with Crippen LogP contribution in [0.2, 0.25) is 0 Å². The van der Waals surface area contributed by atoms with Crippen molar-refractivity contribution in [2.75, 3.05) is 5.32 Å². The van der Waals surface area contributed by atoms with Crippen LogP contribution in [-0.2, 0) is 7.05 Å². The molecule has 0 radical (unpaired) electrons. The Hall–Kier alpha value is -4.07. The van der Waals surface area contributed by atoms with E-state index in [2.05, 4.69) is 25.4 Å². The van der Waals surface area contributed by atoms with E-state index in [9.17, 15) is 9.18 Å². The van der Waals surface area contributed by atoms with Crippen molar-refractivity contribution in [2.24, 2.45) is 7.05 Å². The lowest BCUT2D eigenvalue weighted by Crippen LogP contribution is -2.11. The van der Waals surface area contributed by atoms with Gasteiger partial charge in [-0.25, -0.2) is 9.97 Å². The van der Waals surface area contributed by atoms with Gasteiger partial charge in [0.25, 0.3) is 5.91 Å². The van der Waals surface area contributed by atoms with Gasteiger partial charge >= 0.3 is 0 Å². The third-order valence-electron chi connectivity index (χ3n) is 4.88. The van der Waals surface area contributed by atoms with Gasteiger partial charge in [-0.1, -0.05) is 6.07 Å². The zero-order chi connectivity index (χ0) is 20.0. The minimum atomic E-state index is -0.552. The molecule has 4 aromatic heterocycles. The molecular weight excluding hydrogens is 371 g/mol. The van der Waals surface area contributed by atoms with E-state index in [-0.39, 0.29) is 5.91 Å². The van der Waals surface area contributed by atoms with Crippen molar-refractivity contribution in [2.45, 2.75) is 0 Å². The number of halogens is 1. The molecule has 8 heteroatoms. The summed E-state index contributed by atoms with van der Waals surface area (Å²) in [5, 5.41) is 8.56. The van der Waals surface area contributed by atoms with Crippen molar-refractivity contribution in [3.05, 3.63) is 72.7 Å². The Morgan fingerprint density at radius 2 is 2.03 bits per heavy atom. The highest BCUT2D eigenvalue weighted by molar-refractivity contribution is 6.15. The van der Waals surface area contributed by atoms with E-state index in [0.717, 1.165) is 10.9 Å². The topological polar surface area (TPSA) is 88.5 Å². The van der Waals surface area contributed by atoms with E-state index in [1.54, 1.807) is 60.7 Å². The highest BCUT2D eigenvalue weighted by Gasteiger charge is 2.16. The van der Waals surface area contributed by atoms with E-state index >= 15 is 0 Å². The van der Waals surface area contributed by atoms with Crippen molar-refractivity contribution in [3.8, 4) is 11.1 Å². The molecule has 0 spiro atoms. The Balaban J connectivity index is 1.55. The monoisotopic (exact) mass is 386 g/mol. The summed E-state index contributed by atoms with van der Waals surface area (Å²) in [6.07, 6.45) is 6.33. The van der Waals surface area contributed by atoms with E-state index in [4.69, 9.17) is 0 Å².